The fraction of sp³-hybridized carbons (Fsp3) is 0.417. The van der Waals surface area contributed by atoms with Gasteiger partial charge in [-0.15, -0.1) is 0 Å². The first-order valence-corrected chi connectivity index (χ1v) is 10.5. The minimum absolute atomic E-state index is 0.0587. The minimum atomic E-state index is -0.241. The zero-order valence-electron chi connectivity index (χ0n) is 17.1. The monoisotopic (exact) mass is 391 g/mol. The average Bonchev–Trinajstić information content (AvgIpc) is 3.10. The number of hydrogen-bond donors (Lipinski definition) is 0. The smallest absolute Gasteiger partial charge is 0.232 e. The molecule has 0 aliphatic carbocycles. The molecule has 152 valence electrons. The highest BCUT2D eigenvalue weighted by molar-refractivity contribution is 5.98. The quantitative estimate of drug-likeness (QED) is 0.761. The van der Waals surface area contributed by atoms with Crippen molar-refractivity contribution in [2.45, 2.75) is 25.8 Å². The van der Waals surface area contributed by atoms with Crippen molar-refractivity contribution in [2.75, 3.05) is 38.1 Å². The molecule has 0 aromatic heterocycles. The summed E-state index contributed by atoms with van der Waals surface area (Å²) in [5, 5.41) is 0. The lowest BCUT2D eigenvalue weighted by Crippen LogP contribution is -2.39. The maximum atomic E-state index is 13.2. The van der Waals surface area contributed by atoms with Crippen molar-refractivity contribution in [3.05, 3.63) is 65.7 Å². The zero-order valence-corrected chi connectivity index (χ0v) is 17.1. The molecule has 4 rings (SSSR count). The van der Waals surface area contributed by atoms with E-state index in [1.54, 1.807) is 11.9 Å². The first-order chi connectivity index (χ1) is 14.1. The Labute approximate surface area is 172 Å². The van der Waals surface area contributed by atoms with E-state index in [4.69, 9.17) is 0 Å². The van der Waals surface area contributed by atoms with Gasteiger partial charge in [-0.05, 0) is 36.1 Å². The molecule has 5 heteroatoms. The van der Waals surface area contributed by atoms with E-state index in [0.717, 1.165) is 38.2 Å². The van der Waals surface area contributed by atoms with E-state index in [-0.39, 0.29) is 17.7 Å². The van der Waals surface area contributed by atoms with Gasteiger partial charge in [-0.2, -0.15) is 0 Å². The standard InChI is InChI=1S/C24H29N3O2/c1-25-17-21(16-23(25)28)24(29)27(22-10-3-2-4-11-22)14-7-13-26-15-12-19-8-5-6-9-20(19)18-26/h2-6,8-11,21H,7,12-18H2,1H3. The van der Waals surface area contributed by atoms with Crippen LogP contribution in [0, 0.1) is 5.92 Å². The molecule has 1 unspecified atom stereocenters. The highest BCUT2D eigenvalue weighted by Gasteiger charge is 2.35. The van der Waals surface area contributed by atoms with E-state index in [9.17, 15) is 9.59 Å². The van der Waals surface area contributed by atoms with Gasteiger partial charge in [0.2, 0.25) is 11.8 Å². The zero-order chi connectivity index (χ0) is 20.2. The highest BCUT2D eigenvalue weighted by atomic mass is 16.2. The second kappa shape index (κ2) is 8.78. The Balaban J connectivity index is 1.39. The highest BCUT2D eigenvalue weighted by Crippen LogP contribution is 2.24. The molecule has 29 heavy (non-hydrogen) atoms. The number of anilines is 1. The van der Waals surface area contributed by atoms with Gasteiger partial charge in [0.15, 0.2) is 0 Å². The number of hydrogen-bond acceptors (Lipinski definition) is 3. The molecule has 2 aliphatic heterocycles. The van der Waals surface area contributed by atoms with Crippen molar-refractivity contribution in [3.8, 4) is 0 Å². The minimum Gasteiger partial charge on any atom is -0.345 e. The van der Waals surface area contributed by atoms with Crippen LogP contribution in [-0.2, 0) is 22.6 Å². The fourth-order valence-electron chi connectivity index (χ4n) is 4.42. The van der Waals surface area contributed by atoms with E-state index in [0.29, 0.717) is 19.5 Å². The van der Waals surface area contributed by atoms with Gasteiger partial charge in [0.05, 0.1) is 5.92 Å². The van der Waals surface area contributed by atoms with Gasteiger partial charge in [-0.3, -0.25) is 14.5 Å². The number of rotatable bonds is 6. The molecule has 2 aliphatic rings. The maximum Gasteiger partial charge on any atom is 0.232 e. The Morgan fingerprint density at radius 3 is 2.52 bits per heavy atom. The van der Waals surface area contributed by atoms with Crippen LogP contribution in [0.2, 0.25) is 0 Å². The Bertz CT molecular complexity index is 867. The summed E-state index contributed by atoms with van der Waals surface area (Å²) >= 11 is 0. The molecule has 1 saturated heterocycles. The van der Waals surface area contributed by atoms with Crippen LogP contribution < -0.4 is 4.90 Å². The van der Waals surface area contributed by atoms with E-state index >= 15 is 0 Å². The van der Waals surface area contributed by atoms with Crippen molar-refractivity contribution in [3.63, 3.8) is 0 Å². The molecule has 5 nitrogen and oxygen atoms in total. The predicted octanol–water partition coefficient (Wildman–Crippen LogP) is 2.95. The lowest BCUT2D eigenvalue weighted by atomic mass is 10.00. The number of nitrogens with zero attached hydrogens (tertiary/aromatic N) is 3. The number of amides is 2. The van der Waals surface area contributed by atoms with Crippen LogP contribution in [0.15, 0.2) is 54.6 Å². The van der Waals surface area contributed by atoms with E-state index in [1.165, 1.54) is 11.1 Å². The number of benzene rings is 2. The normalized spacial score (nSPS) is 19.3. The first kappa shape index (κ1) is 19.6. The van der Waals surface area contributed by atoms with Crippen LogP contribution in [0.3, 0.4) is 0 Å². The molecular weight excluding hydrogens is 362 g/mol. The largest absolute Gasteiger partial charge is 0.345 e. The second-order valence-electron chi connectivity index (χ2n) is 8.15. The third-order valence-electron chi connectivity index (χ3n) is 6.09. The predicted molar refractivity (Wildman–Crippen MR) is 115 cm³/mol. The molecule has 2 heterocycles. The number of carbonyl (C=O) groups excluding carboxylic acids is 2. The first-order valence-electron chi connectivity index (χ1n) is 10.5. The van der Waals surface area contributed by atoms with Crippen LogP contribution in [0.4, 0.5) is 5.69 Å². The van der Waals surface area contributed by atoms with Gasteiger partial charge in [0.1, 0.15) is 0 Å². The summed E-state index contributed by atoms with van der Waals surface area (Å²) in [4.78, 5) is 31.2. The van der Waals surface area contributed by atoms with Gasteiger partial charge >= 0.3 is 0 Å². The summed E-state index contributed by atoms with van der Waals surface area (Å²) in [5.74, 6) is -0.115. The number of carbonyl (C=O) groups is 2. The van der Waals surface area contributed by atoms with Crippen LogP contribution in [0.5, 0.6) is 0 Å². The second-order valence-corrected chi connectivity index (χ2v) is 8.15. The Kier molecular flexibility index (Phi) is 5.95. The van der Waals surface area contributed by atoms with Gasteiger partial charge in [-0.25, -0.2) is 0 Å². The third kappa shape index (κ3) is 4.51. The van der Waals surface area contributed by atoms with Gasteiger partial charge in [0.25, 0.3) is 0 Å². The van der Waals surface area contributed by atoms with Crippen molar-refractivity contribution in [1.82, 2.24) is 9.80 Å². The Morgan fingerprint density at radius 2 is 1.79 bits per heavy atom. The molecule has 2 amide bonds. The van der Waals surface area contributed by atoms with Crippen molar-refractivity contribution in [1.29, 1.82) is 0 Å². The van der Waals surface area contributed by atoms with E-state index in [1.807, 2.05) is 35.2 Å². The van der Waals surface area contributed by atoms with Crippen LogP contribution in [0.25, 0.3) is 0 Å². The van der Waals surface area contributed by atoms with Crippen molar-refractivity contribution >= 4 is 17.5 Å². The molecule has 1 fully saturated rings. The average molecular weight is 392 g/mol. The SMILES string of the molecule is CN1CC(C(=O)N(CCCN2CCc3ccccc3C2)c2ccccc2)CC1=O. The van der Waals surface area contributed by atoms with E-state index < -0.39 is 0 Å². The fourth-order valence-corrected chi connectivity index (χ4v) is 4.42. The molecule has 0 bridgehead atoms. The molecule has 0 spiro atoms. The van der Waals surface area contributed by atoms with Gasteiger partial charge in [0, 0.05) is 51.9 Å². The molecule has 1 atom stereocenters. The van der Waals surface area contributed by atoms with Crippen LogP contribution in [-0.4, -0.2) is 54.8 Å². The maximum absolute atomic E-state index is 13.2. The van der Waals surface area contributed by atoms with E-state index in [2.05, 4.69) is 29.2 Å². The summed E-state index contributed by atoms with van der Waals surface area (Å²) in [6, 6.07) is 18.5. The molecule has 0 N–H and O–H groups in total. The number of fused-ring (bicyclic) bond motifs is 1. The molecule has 2 aromatic carbocycles. The topological polar surface area (TPSA) is 43.9 Å². The van der Waals surface area contributed by atoms with Gasteiger partial charge < -0.3 is 9.80 Å². The summed E-state index contributed by atoms with van der Waals surface area (Å²) in [7, 11) is 1.77. The lowest BCUT2D eigenvalue weighted by Gasteiger charge is -2.30. The van der Waals surface area contributed by atoms with Crippen molar-refractivity contribution in [2.24, 2.45) is 5.92 Å². The molecule has 0 saturated carbocycles. The Hall–Kier alpha value is -2.66. The number of para-hydroxylation sites is 1. The Morgan fingerprint density at radius 1 is 1.07 bits per heavy atom. The summed E-state index contributed by atoms with van der Waals surface area (Å²) in [6.45, 7) is 4.21. The lowest BCUT2D eigenvalue weighted by molar-refractivity contribution is -0.127. The number of likely N-dealkylation sites (tertiary alicyclic amines) is 1. The summed E-state index contributed by atoms with van der Waals surface area (Å²) in [5.41, 5.74) is 3.80. The third-order valence-corrected chi connectivity index (χ3v) is 6.09. The molecular formula is C24H29N3O2. The summed E-state index contributed by atoms with van der Waals surface area (Å²) < 4.78 is 0. The molecule has 0 radical (unpaired) electrons. The van der Waals surface area contributed by atoms with Crippen LogP contribution in [0.1, 0.15) is 24.0 Å². The van der Waals surface area contributed by atoms with Crippen molar-refractivity contribution < 1.29 is 9.59 Å². The van der Waals surface area contributed by atoms with Gasteiger partial charge in [-0.1, -0.05) is 42.5 Å². The van der Waals surface area contributed by atoms with Crippen LogP contribution >= 0.6 is 0 Å². The summed E-state index contributed by atoms with van der Waals surface area (Å²) in [6.07, 6.45) is 2.33. The molecule has 2 aromatic rings.